The van der Waals surface area contributed by atoms with Gasteiger partial charge in [0.05, 0.1) is 22.6 Å². The van der Waals surface area contributed by atoms with Crippen LogP contribution in [0, 0.1) is 5.82 Å². The maximum Gasteiger partial charge on any atom is 0.181 e. The zero-order valence-electron chi connectivity index (χ0n) is 8.43. The second-order valence-corrected chi connectivity index (χ2v) is 3.80. The molecule has 3 rings (SSSR count). The summed E-state index contributed by atoms with van der Waals surface area (Å²) in [5, 5.41) is 4.20. The summed E-state index contributed by atoms with van der Waals surface area (Å²) in [6.07, 6.45) is 4.65. The third kappa shape index (κ3) is 1.74. The number of aromatic nitrogens is 2. The van der Waals surface area contributed by atoms with Crippen LogP contribution in [0.2, 0.25) is 5.02 Å². The quantitative estimate of drug-likeness (QED) is 0.778. The van der Waals surface area contributed by atoms with Gasteiger partial charge in [0.15, 0.2) is 5.84 Å². The molecule has 2 aromatic rings. The van der Waals surface area contributed by atoms with Crippen molar-refractivity contribution in [3.8, 4) is 0 Å². The molecule has 0 atom stereocenters. The number of fused-ring (bicyclic) bond motifs is 1. The molecule has 0 spiro atoms. The van der Waals surface area contributed by atoms with Gasteiger partial charge < -0.3 is 0 Å². The van der Waals surface area contributed by atoms with Gasteiger partial charge >= 0.3 is 0 Å². The summed E-state index contributed by atoms with van der Waals surface area (Å²) in [5.74, 6) is -0.0977. The number of aliphatic imine (C=N–C) groups is 1. The molecular weight excluding hydrogens is 243 g/mol. The summed E-state index contributed by atoms with van der Waals surface area (Å²) < 4.78 is 13.2. The Labute approximate surface area is 101 Å². The highest BCUT2D eigenvalue weighted by atomic mass is 35.5. The van der Waals surface area contributed by atoms with E-state index in [0.29, 0.717) is 22.9 Å². The molecule has 0 saturated heterocycles. The second-order valence-electron chi connectivity index (χ2n) is 3.39. The minimum absolute atomic E-state index is 0.0306. The van der Waals surface area contributed by atoms with Gasteiger partial charge in [0.1, 0.15) is 11.5 Å². The van der Waals surface area contributed by atoms with Crippen molar-refractivity contribution in [1.29, 1.82) is 0 Å². The van der Waals surface area contributed by atoms with E-state index in [1.165, 1.54) is 12.1 Å². The third-order valence-corrected chi connectivity index (χ3v) is 2.55. The van der Waals surface area contributed by atoms with Gasteiger partial charge in [-0.2, -0.15) is 0 Å². The molecule has 1 aromatic heterocycles. The van der Waals surface area contributed by atoms with E-state index in [-0.39, 0.29) is 5.02 Å². The molecule has 4 nitrogen and oxygen atoms in total. The lowest BCUT2D eigenvalue weighted by Gasteiger charge is -1.99. The van der Waals surface area contributed by atoms with Crippen molar-refractivity contribution >= 4 is 28.8 Å². The van der Waals surface area contributed by atoms with Gasteiger partial charge in [-0.3, -0.25) is 4.98 Å². The fraction of sp³-hybridized carbons (Fsp3) is 0. The summed E-state index contributed by atoms with van der Waals surface area (Å²) >= 11 is 5.67. The molecule has 83 valence electrons. The first-order chi connectivity index (χ1) is 8.24. The number of hydrogen-bond acceptors (Lipinski definition) is 3. The van der Waals surface area contributed by atoms with Crippen molar-refractivity contribution < 1.29 is 4.39 Å². The molecule has 17 heavy (non-hydrogen) atoms. The molecule has 0 fully saturated rings. The first kappa shape index (κ1) is 10.2. The topological polar surface area (TPSA) is 52.2 Å². The predicted octanol–water partition coefficient (Wildman–Crippen LogP) is 2.60. The maximum absolute atomic E-state index is 13.2. The molecule has 0 N–H and O–H groups in total. The highest BCUT2D eigenvalue weighted by Gasteiger charge is 2.20. The van der Waals surface area contributed by atoms with Crippen molar-refractivity contribution in [3.63, 3.8) is 0 Å². The van der Waals surface area contributed by atoms with E-state index in [0.717, 1.165) is 0 Å². The van der Waals surface area contributed by atoms with E-state index in [9.17, 15) is 4.39 Å². The third-order valence-electron chi connectivity index (χ3n) is 2.26. The fourth-order valence-corrected chi connectivity index (χ4v) is 1.65. The normalized spacial score (nSPS) is 12.9. The van der Waals surface area contributed by atoms with E-state index < -0.39 is 5.82 Å². The van der Waals surface area contributed by atoms with Crippen LogP contribution in [-0.2, 0) is 0 Å². The Balaban J connectivity index is 2.03. The van der Waals surface area contributed by atoms with Crippen molar-refractivity contribution in [2.75, 3.05) is 0 Å². The fourth-order valence-electron chi connectivity index (χ4n) is 1.49. The van der Waals surface area contributed by atoms with E-state index in [1.54, 1.807) is 18.6 Å². The van der Waals surface area contributed by atoms with E-state index in [1.807, 2.05) is 0 Å². The average molecular weight is 248 g/mol. The number of hydrogen-bond donors (Lipinski definition) is 0. The van der Waals surface area contributed by atoms with Crippen molar-refractivity contribution in [2.45, 2.75) is 0 Å². The number of amidine groups is 1. The number of benzene rings is 1. The van der Waals surface area contributed by atoms with Gasteiger partial charge in [0.2, 0.25) is 0 Å². The molecule has 0 amide bonds. The van der Waals surface area contributed by atoms with Crippen molar-refractivity contribution in [2.24, 2.45) is 4.99 Å². The smallest absolute Gasteiger partial charge is 0.181 e. The molecule has 1 aliphatic rings. The lowest BCUT2D eigenvalue weighted by molar-refractivity contribution is 0.628. The van der Waals surface area contributed by atoms with Crippen LogP contribution in [0.4, 0.5) is 15.8 Å². The Hall–Kier alpha value is -2.01. The minimum Gasteiger partial charge on any atom is -0.261 e. The molecule has 1 radical (unpaired) electrons. The first-order valence-electron chi connectivity index (χ1n) is 4.80. The van der Waals surface area contributed by atoms with E-state index in [4.69, 9.17) is 11.6 Å². The summed E-state index contributed by atoms with van der Waals surface area (Å²) in [6.45, 7) is 0. The van der Waals surface area contributed by atoms with Crippen LogP contribution < -0.4 is 5.32 Å². The minimum atomic E-state index is -0.509. The molecule has 6 heteroatoms. The number of nitrogens with zero attached hydrogens (tertiary/aromatic N) is 4. The van der Waals surface area contributed by atoms with Gasteiger partial charge in [0.25, 0.3) is 0 Å². The molecule has 1 aromatic carbocycles. The molecule has 2 heterocycles. The van der Waals surface area contributed by atoms with Crippen LogP contribution in [0.25, 0.3) is 0 Å². The largest absolute Gasteiger partial charge is 0.261 e. The molecule has 0 bridgehead atoms. The van der Waals surface area contributed by atoms with E-state index in [2.05, 4.69) is 20.3 Å². The summed E-state index contributed by atoms with van der Waals surface area (Å²) in [6, 6.07) is 2.70. The predicted molar refractivity (Wildman–Crippen MR) is 61.4 cm³/mol. The first-order valence-corrected chi connectivity index (χ1v) is 5.18. The second kappa shape index (κ2) is 3.78. The SMILES string of the molecule is Fc1cc2c(cc1Cl)N=C(c1cnccn1)[N]2. The molecular formula is C11H5ClFN4. The summed E-state index contributed by atoms with van der Waals surface area (Å²) in [4.78, 5) is 12.2. The van der Waals surface area contributed by atoms with Crippen LogP contribution in [0.15, 0.2) is 35.7 Å². The summed E-state index contributed by atoms with van der Waals surface area (Å²) in [5.41, 5.74) is 1.53. The van der Waals surface area contributed by atoms with E-state index >= 15 is 0 Å². The Morgan fingerprint density at radius 3 is 2.76 bits per heavy atom. The highest BCUT2D eigenvalue weighted by Crippen LogP contribution is 2.35. The number of halogens is 2. The summed E-state index contributed by atoms with van der Waals surface area (Å²) in [7, 11) is 0. The molecule has 1 aliphatic heterocycles. The van der Waals surface area contributed by atoms with Gasteiger partial charge in [-0.05, 0) is 6.07 Å². The molecule has 0 saturated carbocycles. The van der Waals surface area contributed by atoms with Gasteiger partial charge in [-0.15, -0.1) is 0 Å². The van der Waals surface area contributed by atoms with Crippen molar-refractivity contribution in [3.05, 3.63) is 47.3 Å². The van der Waals surface area contributed by atoms with Crippen LogP contribution in [0.1, 0.15) is 5.69 Å². The Bertz CT molecular complexity index is 612. The molecule has 0 aliphatic carbocycles. The van der Waals surface area contributed by atoms with Gasteiger partial charge in [-0.25, -0.2) is 19.7 Å². The number of rotatable bonds is 1. The Morgan fingerprint density at radius 2 is 2.00 bits per heavy atom. The van der Waals surface area contributed by atoms with Gasteiger partial charge in [0, 0.05) is 18.5 Å². The zero-order chi connectivity index (χ0) is 11.8. The zero-order valence-corrected chi connectivity index (χ0v) is 9.19. The van der Waals surface area contributed by atoms with Crippen LogP contribution in [0.3, 0.4) is 0 Å². The van der Waals surface area contributed by atoms with Gasteiger partial charge in [-0.1, -0.05) is 11.6 Å². The lowest BCUT2D eigenvalue weighted by Crippen LogP contribution is -2.10. The Kier molecular flexibility index (Phi) is 2.26. The monoisotopic (exact) mass is 247 g/mol. The Morgan fingerprint density at radius 1 is 1.12 bits per heavy atom. The van der Waals surface area contributed by atoms with Crippen LogP contribution in [-0.4, -0.2) is 15.8 Å². The average Bonchev–Trinajstić information content (AvgIpc) is 2.74. The van der Waals surface area contributed by atoms with Crippen LogP contribution in [0.5, 0.6) is 0 Å². The standard InChI is InChI=1S/C11H5ClFN4/c12-6-3-8-9(4-7(6)13)17-11(16-8)10-5-14-1-2-15-10/h1-5H. The lowest BCUT2D eigenvalue weighted by atomic mass is 10.3. The van der Waals surface area contributed by atoms with Crippen molar-refractivity contribution in [1.82, 2.24) is 15.3 Å². The highest BCUT2D eigenvalue weighted by molar-refractivity contribution is 6.31. The maximum atomic E-state index is 13.2. The molecule has 0 unspecified atom stereocenters. The van der Waals surface area contributed by atoms with Crippen LogP contribution >= 0.6 is 11.6 Å².